The number of carbonyl (C=O) groups excluding carboxylic acids is 4. The van der Waals surface area contributed by atoms with E-state index in [0.29, 0.717) is 28.6 Å². The van der Waals surface area contributed by atoms with Gasteiger partial charge in [0.25, 0.3) is 11.8 Å². The van der Waals surface area contributed by atoms with Crippen LogP contribution in [0.25, 0.3) is 0 Å². The van der Waals surface area contributed by atoms with E-state index in [0.717, 1.165) is 0 Å². The molecule has 2 atom stereocenters. The summed E-state index contributed by atoms with van der Waals surface area (Å²) in [6.07, 6.45) is 1.05. The summed E-state index contributed by atoms with van der Waals surface area (Å²) in [6.45, 7) is 2.83. The van der Waals surface area contributed by atoms with E-state index in [9.17, 15) is 19.2 Å². The number of nitrogens with one attached hydrogen (secondary N) is 3. The molecule has 2 aromatic rings. The summed E-state index contributed by atoms with van der Waals surface area (Å²) in [7, 11) is 0. The molecule has 0 radical (unpaired) electrons. The lowest BCUT2D eigenvalue weighted by Gasteiger charge is -2.20. The van der Waals surface area contributed by atoms with Crippen molar-refractivity contribution >= 4 is 70.0 Å². The maximum absolute atomic E-state index is 12.7. The van der Waals surface area contributed by atoms with Crippen LogP contribution in [0.4, 0.5) is 11.4 Å². The molecule has 8 nitrogen and oxygen atoms in total. The molecule has 0 aliphatic carbocycles. The molecule has 0 unspecified atom stereocenters. The van der Waals surface area contributed by atoms with Gasteiger partial charge in [-0.1, -0.05) is 23.2 Å². The molecule has 2 rings (SSSR count). The summed E-state index contributed by atoms with van der Waals surface area (Å²) >= 11 is 13.5. The molecule has 0 fully saturated rings. The number of anilines is 2. The van der Waals surface area contributed by atoms with Gasteiger partial charge in [0.15, 0.2) is 6.10 Å². The summed E-state index contributed by atoms with van der Waals surface area (Å²) in [5, 5.41) is 8.42. The molecule has 2 aromatic carbocycles. The molecule has 3 amide bonds. The number of thioether (sulfide) groups is 1. The number of amides is 3. The van der Waals surface area contributed by atoms with Gasteiger partial charge in [-0.25, -0.2) is 4.79 Å². The smallest absolute Gasteiger partial charge is 0.329 e. The van der Waals surface area contributed by atoms with Gasteiger partial charge in [-0.3, -0.25) is 14.4 Å². The minimum atomic E-state index is -1.12. The molecule has 11 heteroatoms. The molecule has 0 aromatic heterocycles. The molecule has 0 heterocycles. The zero-order chi connectivity index (χ0) is 25.3. The Bertz CT molecular complexity index is 1050. The van der Waals surface area contributed by atoms with Crippen molar-refractivity contribution in [3.63, 3.8) is 0 Å². The number of halogens is 2. The van der Waals surface area contributed by atoms with E-state index >= 15 is 0 Å². The van der Waals surface area contributed by atoms with Gasteiger partial charge in [0.1, 0.15) is 6.04 Å². The Morgan fingerprint density at radius 1 is 1.00 bits per heavy atom. The average Bonchev–Trinajstić information content (AvgIpc) is 2.77. The predicted molar refractivity (Wildman–Crippen MR) is 136 cm³/mol. The molecule has 0 aliphatic heterocycles. The number of carbonyl (C=O) groups is 4. The maximum Gasteiger partial charge on any atom is 0.329 e. The summed E-state index contributed by atoms with van der Waals surface area (Å²) in [5.41, 5.74) is 1.21. The van der Waals surface area contributed by atoms with E-state index in [1.165, 1.54) is 43.8 Å². The van der Waals surface area contributed by atoms with E-state index in [1.807, 2.05) is 6.26 Å². The number of hydrogen-bond acceptors (Lipinski definition) is 6. The summed E-state index contributed by atoms with van der Waals surface area (Å²) in [4.78, 5) is 49.0. The zero-order valence-corrected chi connectivity index (χ0v) is 21.1. The van der Waals surface area contributed by atoms with Gasteiger partial charge < -0.3 is 20.7 Å². The minimum Gasteiger partial charge on any atom is -0.451 e. The van der Waals surface area contributed by atoms with Crippen LogP contribution in [0, 0.1) is 0 Å². The van der Waals surface area contributed by atoms with Gasteiger partial charge in [-0.05, 0) is 67.8 Å². The normalized spacial score (nSPS) is 12.3. The predicted octanol–water partition coefficient (Wildman–Crippen LogP) is 4.37. The first-order chi connectivity index (χ1) is 16.1. The SMILES string of the molecule is CSCC[C@H](NC(=O)c1ccc(Cl)cc1Cl)C(=O)O[C@@H](C)C(=O)Nc1ccc(NC(C)=O)cc1. The van der Waals surface area contributed by atoms with Gasteiger partial charge in [-0.15, -0.1) is 0 Å². The lowest BCUT2D eigenvalue weighted by molar-refractivity contribution is -0.155. The third kappa shape index (κ3) is 8.55. The molecule has 0 spiro atoms. The van der Waals surface area contributed by atoms with Crippen molar-refractivity contribution in [2.45, 2.75) is 32.4 Å². The number of esters is 1. The molecule has 0 bridgehead atoms. The molecule has 182 valence electrons. The van der Waals surface area contributed by atoms with Crippen molar-refractivity contribution in [2.24, 2.45) is 0 Å². The van der Waals surface area contributed by atoms with Crippen molar-refractivity contribution in [1.82, 2.24) is 5.32 Å². The Labute approximate surface area is 212 Å². The van der Waals surface area contributed by atoms with Crippen LogP contribution in [0.2, 0.25) is 10.0 Å². The van der Waals surface area contributed by atoms with Crippen LogP contribution in [0.3, 0.4) is 0 Å². The average molecular weight is 526 g/mol. The fourth-order valence-corrected chi connectivity index (χ4v) is 3.75. The van der Waals surface area contributed by atoms with Crippen molar-refractivity contribution in [3.05, 3.63) is 58.1 Å². The van der Waals surface area contributed by atoms with Crippen molar-refractivity contribution < 1.29 is 23.9 Å². The summed E-state index contributed by atoms with van der Waals surface area (Å²) < 4.78 is 5.32. The first-order valence-electron chi connectivity index (χ1n) is 10.2. The van der Waals surface area contributed by atoms with E-state index in [-0.39, 0.29) is 16.5 Å². The Morgan fingerprint density at radius 3 is 2.18 bits per heavy atom. The van der Waals surface area contributed by atoms with Crippen LogP contribution in [0.1, 0.15) is 30.6 Å². The highest BCUT2D eigenvalue weighted by Gasteiger charge is 2.27. The number of benzene rings is 2. The molecular weight excluding hydrogens is 501 g/mol. The van der Waals surface area contributed by atoms with Gasteiger partial charge in [0.2, 0.25) is 5.91 Å². The third-order valence-electron chi connectivity index (χ3n) is 4.51. The monoisotopic (exact) mass is 525 g/mol. The highest BCUT2D eigenvalue weighted by atomic mass is 35.5. The Kier molecular flexibility index (Phi) is 10.7. The lowest BCUT2D eigenvalue weighted by Crippen LogP contribution is -2.44. The van der Waals surface area contributed by atoms with Gasteiger partial charge in [-0.2, -0.15) is 11.8 Å². The van der Waals surface area contributed by atoms with Crippen LogP contribution < -0.4 is 16.0 Å². The van der Waals surface area contributed by atoms with Crippen molar-refractivity contribution in [3.8, 4) is 0 Å². The quantitative estimate of drug-likeness (QED) is 0.396. The highest BCUT2D eigenvalue weighted by Crippen LogP contribution is 2.21. The van der Waals surface area contributed by atoms with Crippen molar-refractivity contribution in [2.75, 3.05) is 22.6 Å². The van der Waals surface area contributed by atoms with E-state index in [1.54, 1.807) is 24.3 Å². The number of rotatable bonds is 10. The second-order valence-corrected chi connectivity index (χ2v) is 9.09. The Hall–Kier alpha value is -2.75. The van der Waals surface area contributed by atoms with E-state index in [2.05, 4.69) is 16.0 Å². The number of hydrogen-bond donors (Lipinski definition) is 3. The van der Waals surface area contributed by atoms with Crippen LogP contribution in [0.15, 0.2) is 42.5 Å². The molecule has 34 heavy (non-hydrogen) atoms. The molecule has 0 saturated carbocycles. The fourth-order valence-electron chi connectivity index (χ4n) is 2.79. The van der Waals surface area contributed by atoms with Gasteiger partial charge in [0, 0.05) is 23.3 Å². The fraction of sp³-hybridized carbons (Fsp3) is 0.304. The Morgan fingerprint density at radius 2 is 1.62 bits per heavy atom. The molecule has 0 aliphatic rings. The van der Waals surface area contributed by atoms with Crippen LogP contribution >= 0.6 is 35.0 Å². The maximum atomic E-state index is 12.7. The first-order valence-corrected chi connectivity index (χ1v) is 12.4. The third-order valence-corrected chi connectivity index (χ3v) is 5.70. The van der Waals surface area contributed by atoms with Crippen LogP contribution in [-0.4, -0.2) is 47.8 Å². The number of ether oxygens (including phenoxy) is 1. The Balaban J connectivity index is 2.00. The lowest BCUT2D eigenvalue weighted by atomic mass is 10.1. The van der Waals surface area contributed by atoms with E-state index < -0.39 is 29.9 Å². The van der Waals surface area contributed by atoms with Crippen molar-refractivity contribution in [1.29, 1.82) is 0 Å². The van der Waals surface area contributed by atoms with Gasteiger partial charge >= 0.3 is 5.97 Å². The van der Waals surface area contributed by atoms with Gasteiger partial charge in [0.05, 0.1) is 10.6 Å². The minimum absolute atomic E-state index is 0.152. The standard InChI is InChI=1S/C23H25Cl2N3O5S/c1-13(21(30)27-17-7-5-16(6-8-17)26-14(2)29)33-23(32)20(10-11-34-3)28-22(31)18-9-4-15(24)12-19(18)25/h4-9,12-13,20H,10-11H2,1-3H3,(H,26,29)(H,27,30)(H,28,31)/t13-,20-/m0/s1. The van der Waals surface area contributed by atoms with Crippen LogP contribution in [0.5, 0.6) is 0 Å². The summed E-state index contributed by atoms with van der Waals surface area (Å²) in [6, 6.07) is 9.91. The topological polar surface area (TPSA) is 114 Å². The molecule has 0 saturated heterocycles. The molecule has 3 N–H and O–H groups in total. The highest BCUT2D eigenvalue weighted by molar-refractivity contribution is 7.98. The largest absolute Gasteiger partial charge is 0.451 e. The summed E-state index contributed by atoms with van der Waals surface area (Å²) in [5.74, 6) is -1.47. The molecular formula is C23H25Cl2N3O5S. The first kappa shape index (κ1) is 27.5. The van der Waals surface area contributed by atoms with E-state index in [4.69, 9.17) is 27.9 Å². The second kappa shape index (κ2) is 13.2. The zero-order valence-electron chi connectivity index (χ0n) is 18.8. The van der Waals surface area contributed by atoms with Crippen LogP contribution in [-0.2, 0) is 19.1 Å². The second-order valence-electron chi connectivity index (χ2n) is 7.26.